The molecule has 0 fully saturated rings. The molecule has 0 aliphatic rings. The first-order valence-corrected chi connectivity index (χ1v) is 10.6. The van der Waals surface area contributed by atoms with E-state index in [1.54, 1.807) is 6.20 Å². The molecule has 4 rings (SSSR count). The van der Waals surface area contributed by atoms with E-state index < -0.39 is 0 Å². The number of nitrogens with one attached hydrogen (secondary N) is 3. The van der Waals surface area contributed by atoms with E-state index in [0.29, 0.717) is 34.9 Å². The first kappa shape index (κ1) is 22.4. The molecule has 1 aromatic heterocycles. The second-order valence-electron chi connectivity index (χ2n) is 7.30. The van der Waals surface area contributed by atoms with Gasteiger partial charge in [-0.3, -0.25) is 10.2 Å². The predicted octanol–water partition coefficient (Wildman–Crippen LogP) is 5.42. The van der Waals surface area contributed by atoms with Crippen LogP contribution in [0.4, 0.5) is 11.5 Å². The number of para-hydroxylation sites is 2. The van der Waals surface area contributed by atoms with Gasteiger partial charge in [-0.05, 0) is 54.1 Å². The molecule has 0 atom stereocenters. The number of nitrogens with zero attached hydrogens (tertiary/aromatic N) is 2. The topological polar surface area (TPSA) is 100.0 Å². The van der Waals surface area contributed by atoms with E-state index in [9.17, 15) is 4.79 Å². The Bertz CT molecular complexity index is 1300. The molecule has 3 aromatic carbocycles. The summed E-state index contributed by atoms with van der Waals surface area (Å²) in [7, 11) is 0. The zero-order valence-electron chi connectivity index (χ0n) is 18.4. The maximum atomic E-state index is 11.7. The number of rotatable bonds is 9. The summed E-state index contributed by atoms with van der Waals surface area (Å²) in [5, 5.41) is 14.8. The van der Waals surface area contributed by atoms with Crippen molar-refractivity contribution in [1.29, 1.82) is 5.41 Å². The third kappa shape index (κ3) is 5.52. The summed E-state index contributed by atoms with van der Waals surface area (Å²) < 4.78 is 5.83. The molecule has 0 radical (unpaired) electrons. The summed E-state index contributed by atoms with van der Waals surface area (Å²) in [6.45, 7) is 3.89. The normalized spacial score (nSPS) is 10.2. The van der Waals surface area contributed by atoms with E-state index in [4.69, 9.17) is 10.1 Å². The minimum Gasteiger partial charge on any atom is -0.457 e. The Morgan fingerprint density at radius 1 is 0.971 bits per heavy atom. The number of carbonyl (C=O) groups excluding carboxylic acids is 1. The molecule has 1 heterocycles. The van der Waals surface area contributed by atoms with Crippen LogP contribution in [-0.4, -0.2) is 21.6 Å². The van der Waals surface area contributed by atoms with Gasteiger partial charge in [0.2, 0.25) is 5.91 Å². The van der Waals surface area contributed by atoms with Crippen molar-refractivity contribution >= 4 is 23.1 Å². The minimum absolute atomic E-state index is 0.280. The van der Waals surface area contributed by atoms with Crippen LogP contribution >= 0.6 is 0 Å². The number of ether oxygens (including phenoxy) is 1. The number of anilines is 2. The Kier molecular flexibility index (Phi) is 7.05. The number of hydrogen-bond acceptors (Lipinski definition) is 6. The molecule has 0 unspecified atom stereocenters. The zero-order valence-corrected chi connectivity index (χ0v) is 18.4. The number of benzene rings is 3. The van der Waals surface area contributed by atoms with E-state index in [1.165, 1.54) is 12.4 Å². The van der Waals surface area contributed by atoms with E-state index in [2.05, 4.69) is 27.2 Å². The summed E-state index contributed by atoms with van der Waals surface area (Å²) in [6, 6.07) is 24.3. The molecule has 4 aromatic rings. The molecule has 0 saturated carbocycles. The molecule has 7 nitrogen and oxygen atoms in total. The van der Waals surface area contributed by atoms with Crippen LogP contribution in [0.3, 0.4) is 0 Å². The molecule has 0 spiro atoms. The van der Waals surface area contributed by atoms with Crippen molar-refractivity contribution in [2.24, 2.45) is 0 Å². The number of aromatic nitrogens is 2. The van der Waals surface area contributed by atoms with Crippen molar-refractivity contribution in [2.75, 3.05) is 10.6 Å². The first-order valence-electron chi connectivity index (χ1n) is 10.6. The highest BCUT2D eigenvalue weighted by molar-refractivity contribution is 6.13. The van der Waals surface area contributed by atoms with Crippen molar-refractivity contribution in [3.05, 3.63) is 121 Å². The fraction of sp³-hybridized carbons (Fsp3) is 0.0370. The Labute approximate surface area is 197 Å². The number of amides is 1. The van der Waals surface area contributed by atoms with Crippen molar-refractivity contribution < 1.29 is 9.53 Å². The zero-order chi connectivity index (χ0) is 23.8. The van der Waals surface area contributed by atoms with Gasteiger partial charge in [0.25, 0.3) is 0 Å². The van der Waals surface area contributed by atoms with Gasteiger partial charge in [-0.2, -0.15) is 0 Å². The lowest BCUT2D eigenvalue weighted by Gasteiger charge is -2.14. The second-order valence-corrected chi connectivity index (χ2v) is 7.30. The van der Waals surface area contributed by atoms with Crippen LogP contribution in [0.1, 0.15) is 16.7 Å². The highest BCUT2D eigenvalue weighted by Crippen LogP contribution is 2.24. The maximum Gasteiger partial charge on any atom is 0.247 e. The molecular formula is C27H23N5O2. The van der Waals surface area contributed by atoms with E-state index in [1.807, 2.05) is 78.9 Å². The summed E-state index contributed by atoms with van der Waals surface area (Å²) in [4.78, 5) is 20.2. The fourth-order valence-corrected chi connectivity index (χ4v) is 3.28. The van der Waals surface area contributed by atoms with Crippen LogP contribution in [0, 0.1) is 5.41 Å². The van der Waals surface area contributed by atoms with Gasteiger partial charge in [-0.25, -0.2) is 9.97 Å². The highest BCUT2D eigenvalue weighted by atomic mass is 16.5. The van der Waals surface area contributed by atoms with Gasteiger partial charge < -0.3 is 15.4 Å². The van der Waals surface area contributed by atoms with E-state index in [-0.39, 0.29) is 11.6 Å². The van der Waals surface area contributed by atoms with Gasteiger partial charge in [0.15, 0.2) is 0 Å². The van der Waals surface area contributed by atoms with Crippen LogP contribution in [0.15, 0.2) is 104 Å². The minimum atomic E-state index is -0.281. The lowest BCUT2D eigenvalue weighted by atomic mass is 10.0. The fourth-order valence-electron chi connectivity index (χ4n) is 3.28. The molecule has 7 heteroatoms. The number of hydrogen-bond donors (Lipinski definition) is 3. The third-order valence-electron chi connectivity index (χ3n) is 5.01. The Morgan fingerprint density at radius 2 is 1.68 bits per heavy atom. The molecule has 0 bridgehead atoms. The molecule has 0 aliphatic carbocycles. The monoisotopic (exact) mass is 449 g/mol. The molecule has 3 N–H and O–H groups in total. The predicted molar refractivity (Wildman–Crippen MR) is 134 cm³/mol. The van der Waals surface area contributed by atoms with Gasteiger partial charge in [-0.15, -0.1) is 0 Å². The van der Waals surface area contributed by atoms with E-state index >= 15 is 0 Å². The molecule has 34 heavy (non-hydrogen) atoms. The molecule has 1 amide bonds. The largest absolute Gasteiger partial charge is 0.457 e. The second kappa shape index (κ2) is 10.7. The van der Waals surface area contributed by atoms with Crippen LogP contribution < -0.4 is 15.4 Å². The van der Waals surface area contributed by atoms with Gasteiger partial charge in [0, 0.05) is 24.0 Å². The summed E-state index contributed by atoms with van der Waals surface area (Å²) in [5.74, 6) is 1.67. The SMILES string of the molecule is C=CC(=O)Nc1ccccc1CNc1ncncc1C(=N)c1ccc(Oc2ccccc2)cc1. The summed E-state index contributed by atoms with van der Waals surface area (Å²) in [6.07, 6.45) is 4.27. The lowest BCUT2D eigenvalue weighted by Crippen LogP contribution is -2.13. The van der Waals surface area contributed by atoms with Crippen LogP contribution in [0.5, 0.6) is 11.5 Å². The van der Waals surface area contributed by atoms with Gasteiger partial charge >= 0.3 is 0 Å². The quantitative estimate of drug-likeness (QED) is 0.234. The van der Waals surface area contributed by atoms with Crippen molar-refractivity contribution in [1.82, 2.24) is 9.97 Å². The van der Waals surface area contributed by atoms with Gasteiger partial charge in [-0.1, -0.05) is 43.0 Å². The molecule has 0 saturated heterocycles. The Hall–Kier alpha value is -4.78. The van der Waals surface area contributed by atoms with Crippen molar-refractivity contribution in [3.8, 4) is 11.5 Å². The average Bonchev–Trinajstić information content (AvgIpc) is 2.89. The van der Waals surface area contributed by atoms with Crippen LogP contribution in [0.2, 0.25) is 0 Å². The molecular weight excluding hydrogens is 426 g/mol. The van der Waals surface area contributed by atoms with Crippen LogP contribution in [-0.2, 0) is 11.3 Å². The van der Waals surface area contributed by atoms with Gasteiger partial charge in [0.1, 0.15) is 23.6 Å². The van der Waals surface area contributed by atoms with Crippen molar-refractivity contribution in [2.45, 2.75) is 6.54 Å². The Balaban J connectivity index is 1.49. The van der Waals surface area contributed by atoms with Crippen molar-refractivity contribution in [3.63, 3.8) is 0 Å². The standard InChI is InChI=1S/C27H23N5O2/c1-2-25(33)32-24-11-7-6-8-20(24)16-30-27-23(17-29-18-31-27)26(28)19-12-14-22(15-13-19)34-21-9-4-3-5-10-21/h2-15,17-18,28H,1,16H2,(H,32,33)(H,29,30,31). The maximum absolute atomic E-state index is 11.7. The summed E-state index contributed by atoms with van der Waals surface area (Å²) in [5.41, 5.74) is 3.10. The van der Waals surface area contributed by atoms with Crippen LogP contribution in [0.25, 0.3) is 0 Å². The average molecular weight is 450 g/mol. The Morgan fingerprint density at radius 3 is 2.44 bits per heavy atom. The van der Waals surface area contributed by atoms with E-state index in [0.717, 1.165) is 11.3 Å². The summed E-state index contributed by atoms with van der Waals surface area (Å²) >= 11 is 0. The molecule has 0 aliphatic heterocycles. The highest BCUT2D eigenvalue weighted by Gasteiger charge is 2.13. The molecule has 168 valence electrons. The lowest BCUT2D eigenvalue weighted by molar-refractivity contribution is -0.111. The first-order chi connectivity index (χ1) is 16.6. The number of carbonyl (C=O) groups is 1. The van der Waals surface area contributed by atoms with Gasteiger partial charge in [0.05, 0.1) is 11.3 Å². The third-order valence-corrected chi connectivity index (χ3v) is 5.01. The smallest absolute Gasteiger partial charge is 0.247 e.